The number of aliphatic hydroxyl groups is 1. The van der Waals surface area contributed by atoms with E-state index in [2.05, 4.69) is 20.8 Å². The van der Waals surface area contributed by atoms with Gasteiger partial charge in [-0.1, -0.05) is 71.1 Å². The van der Waals surface area contributed by atoms with Gasteiger partial charge >= 0.3 is 0 Å². The molecule has 3 N–H and O–H groups in total. The molecule has 0 saturated carbocycles. The van der Waals surface area contributed by atoms with Gasteiger partial charge in [-0.25, -0.2) is 13.6 Å². The van der Waals surface area contributed by atoms with Gasteiger partial charge in [0.1, 0.15) is 0 Å². The van der Waals surface area contributed by atoms with E-state index in [0.29, 0.717) is 12.0 Å². The predicted octanol–water partition coefficient (Wildman–Crippen LogP) is 3.80. The van der Waals surface area contributed by atoms with Gasteiger partial charge in [0.15, 0.2) is 0 Å². The van der Waals surface area contributed by atoms with Crippen LogP contribution in [0.5, 0.6) is 0 Å². The van der Waals surface area contributed by atoms with E-state index in [-0.39, 0.29) is 16.7 Å². The summed E-state index contributed by atoms with van der Waals surface area (Å²) >= 11 is 0. The number of benzene rings is 1. The lowest BCUT2D eigenvalue weighted by Gasteiger charge is -2.30. The van der Waals surface area contributed by atoms with Crippen molar-refractivity contribution in [1.82, 2.24) is 0 Å². The summed E-state index contributed by atoms with van der Waals surface area (Å²) < 4.78 is 23.8. The fourth-order valence-electron chi connectivity index (χ4n) is 3.12. The van der Waals surface area contributed by atoms with Gasteiger partial charge in [-0.2, -0.15) is 0 Å². The highest BCUT2D eigenvalue weighted by molar-refractivity contribution is 7.89. The number of rotatable bonds is 10. The SMILES string of the molecule is CCCCCCC(O)[C@H](c1ccccc1S(N)(=O)=O)[C@@H](C)CC. The van der Waals surface area contributed by atoms with E-state index in [1.807, 2.05) is 6.07 Å². The molecule has 0 aliphatic carbocycles. The van der Waals surface area contributed by atoms with Crippen LogP contribution in [0.3, 0.4) is 0 Å². The molecule has 1 unspecified atom stereocenters. The number of aliphatic hydroxyl groups excluding tert-OH is 1. The second-order valence-corrected chi connectivity index (χ2v) is 7.94. The third kappa shape index (κ3) is 5.90. The zero-order chi connectivity index (χ0) is 17.5. The summed E-state index contributed by atoms with van der Waals surface area (Å²) in [5.74, 6) is -0.0322. The molecule has 3 atom stereocenters. The first-order chi connectivity index (χ1) is 10.8. The maximum atomic E-state index is 11.9. The molecule has 0 spiro atoms. The maximum Gasteiger partial charge on any atom is 0.238 e. The molecular formula is C18H31NO3S. The fourth-order valence-corrected chi connectivity index (χ4v) is 3.92. The smallest absolute Gasteiger partial charge is 0.238 e. The highest BCUT2D eigenvalue weighted by atomic mass is 32.2. The van der Waals surface area contributed by atoms with Gasteiger partial charge in [0, 0.05) is 5.92 Å². The Morgan fingerprint density at radius 2 is 1.78 bits per heavy atom. The Bertz CT molecular complexity index is 571. The van der Waals surface area contributed by atoms with Gasteiger partial charge in [-0.3, -0.25) is 0 Å². The summed E-state index contributed by atoms with van der Waals surface area (Å²) in [5.41, 5.74) is 0.646. The summed E-state index contributed by atoms with van der Waals surface area (Å²) in [6, 6.07) is 6.80. The number of unbranched alkanes of at least 4 members (excludes halogenated alkanes) is 3. The zero-order valence-electron chi connectivity index (χ0n) is 14.5. The molecule has 4 nitrogen and oxygen atoms in total. The van der Waals surface area contributed by atoms with E-state index >= 15 is 0 Å². The van der Waals surface area contributed by atoms with Crippen molar-refractivity contribution in [3.05, 3.63) is 29.8 Å². The molecule has 132 valence electrons. The molecule has 1 aromatic rings. The molecule has 0 heterocycles. The van der Waals surface area contributed by atoms with Crippen LogP contribution in [0.15, 0.2) is 29.2 Å². The van der Waals surface area contributed by atoms with Crippen molar-refractivity contribution in [2.45, 2.75) is 76.2 Å². The van der Waals surface area contributed by atoms with E-state index in [1.54, 1.807) is 12.1 Å². The molecule has 0 aromatic heterocycles. The molecule has 0 amide bonds. The molecule has 0 radical (unpaired) electrons. The summed E-state index contributed by atoms with van der Waals surface area (Å²) in [6.07, 6.45) is 5.37. The molecule has 0 bridgehead atoms. The second kappa shape index (κ2) is 9.40. The quantitative estimate of drug-likeness (QED) is 0.635. The summed E-state index contributed by atoms with van der Waals surface area (Å²) in [5, 5.41) is 16.1. The molecular weight excluding hydrogens is 310 g/mol. The van der Waals surface area contributed by atoms with Crippen LogP contribution in [0.1, 0.15) is 70.8 Å². The van der Waals surface area contributed by atoms with Crippen molar-refractivity contribution in [3.8, 4) is 0 Å². The number of hydrogen-bond acceptors (Lipinski definition) is 3. The molecule has 1 rings (SSSR count). The Labute approximate surface area is 141 Å². The minimum Gasteiger partial charge on any atom is -0.392 e. The number of hydrogen-bond donors (Lipinski definition) is 2. The van der Waals surface area contributed by atoms with Crippen LogP contribution < -0.4 is 5.14 Å². The molecule has 23 heavy (non-hydrogen) atoms. The highest BCUT2D eigenvalue weighted by Crippen LogP contribution is 2.35. The Morgan fingerprint density at radius 1 is 1.13 bits per heavy atom. The first-order valence-corrected chi connectivity index (χ1v) is 10.2. The number of nitrogens with two attached hydrogens (primary N) is 1. The normalized spacial score (nSPS) is 16.0. The Hall–Kier alpha value is -0.910. The van der Waals surface area contributed by atoms with Crippen molar-refractivity contribution in [3.63, 3.8) is 0 Å². The van der Waals surface area contributed by atoms with Gasteiger partial charge in [0.2, 0.25) is 10.0 Å². The minimum atomic E-state index is -3.79. The van der Waals surface area contributed by atoms with Gasteiger partial charge < -0.3 is 5.11 Å². The molecule has 5 heteroatoms. The van der Waals surface area contributed by atoms with Crippen LogP contribution in [-0.4, -0.2) is 19.6 Å². The summed E-state index contributed by atoms with van der Waals surface area (Å²) in [7, 11) is -3.79. The summed E-state index contributed by atoms with van der Waals surface area (Å²) in [6.45, 7) is 6.27. The maximum absolute atomic E-state index is 11.9. The second-order valence-electron chi connectivity index (χ2n) is 6.41. The van der Waals surface area contributed by atoms with Gasteiger partial charge in [-0.05, 0) is 24.0 Å². The van der Waals surface area contributed by atoms with Crippen molar-refractivity contribution in [2.24, 2.45) is 11.1 Å². The average Bonchev–Trinajstić information content (AvgIpc) is 2.51. The molecule has 0 aliphatic heterocycles. The van der Waals surface area contributed by atoms with E-state index in [9.17, 15) is 13.5 Å². The van der Waals surface area contributed by atoms with Crippen LogP contribution in [-0.2, 0) is 10.0 Å². The Morgan fingerprint density at radius 3 is 2.35 bits per heavy atom. The lowest BCUT2D eigenvalue weighted by molar-refractivity contribution is 0.104. The highest BCUT2D eigenvalue weighted by Gasteiger charge is 2.30. The number of sulfonamides is 1. The van der Waals surface area contributed by atoms with Gasteiger partial charge in [-0.15, -0.1) is 0 Å². The van der Waals surface area contributed by atoms with Crippen LogP contribution in [0.25, 0.3) is 0 Å². The van der Waals surface area contributed by atoms with E-state index in [0.717, 1.165) is 32.1 Å². The van der Waals surface area contributed by atoms with Crippen molar-refractivity contribution in [1.29, 1.82) is 0 Å². The minimum absolute atomic E-state index is 0.137. The first-order valence-electron chi connectivity index (χ1n) is 8.62. The van der Waals surface area contributed by atoms with Gasteiger partial charge in [0.25, 0.3) is 0 Å². The van der Waals surface area contributed by atoms with Crippen LogP contribution in [0.4, 0.5) is 0 Å². The van der Waals surface area contributed by atoms with E-state index < -0.39 is 16.1 Å². The standard InChI is InChI=1S/C18H31NO3S/c1-4-6-7-8-12-16(20)18(14(3)5-2)15-11-9-10-13-17(15)23(19,21)22/h9-11,13-14,16,18,20H,4-8,12H2,1-3H3,(H2,19,21,22)/t14-,16?,18-/m0/s1. The van der Waals surface area contributed by atoms with E-state index in [4.69, 9.17) is 5.14 Å². The van der Waals surface area contributed by atoms with E-state index in [1.165, 1.54) is 6.07 Å². The predicted molar refractivity (Wildman–Crippen MR) is 94.8 cm³/mol. The molecule has 1 aromatic carbocycles. The Balaban J connectivity index is 3.08. The van der Waals surface area contributed by atoms with Crippen molar-refractivity contribution in [2.75, 3.05) is 0 Å². The third-order valence-corrected chi connectivity index (χ3v) is 5.59. The first kappa shape index (κ1) is 20.1. The summed E-state index contributed by atoms with van der Waals surface area (Å²) in [4.78, 5) is 0.137. The number of primary sulfonamides is 1. The van der Waals surface area contributed by atoms with Crippen molar-refractivity contribution >= 4 is 10.0 Å². The zero-order valence-corrected chi connectivity index (χ0v) is 15.3. The average molecular weight is 342 g/mol. The lowest BCUT2D eigenvalue weighted by atomic mass is 9.80. The molecule has 0 saturated heterocycles. The van der Waals surface area contributed by atoms with Crippen molar-refractivity contribution < 1.29 is 13.5 Å². The van der Waals surface area contributed by atoms with Crippen LogP contribution >= 0.6 is 0 Å². The fraction of sp³-hybridized carbons (Fsp3) is 0.667. The van der Waals surface area contributed by atoms with Crippen LogP contribution in [0, 0.1) is 5.92 Å². The monoisotopic (exact) mass is 341 g/mol. The molecule has 0 fully saturated rings. The molecule has 0 aliphatic rings. The third-order valence-electron chi connectivity index (χ3n) is 4.61. The Kier molecular flexibility index (Phi) is 8.23. The van der Waals surface area contributed by atoms with Gasteiger partial charge in [0.05, 0.1) is 11.0 Å². The lowest BCUT2D eigenvalue weighted by Crippen LogP contribution is -2.27. The van der Waals surface area contributed by atoms with Crippen LogP contribution in [0.2, 0.25) is 0 Å². The topological polar surface area (TPSA) is 80.4 Å². The largest absolute Gasteiger partial charge is 0.392 e.